The van der Waals surface area contributed by atoms with E-state index in [0.717, 1.165) is 0 Å². The predicted molar refractivity (Wildman–Crippen MR) is 91.1 cm³/mol. The fourth-order valence-corrected chi connectivity index (χ4v) is 3.72. The van der Waals surface area contributed by atoms with Crippen molar-refractivity contribution in [1.82, 2.24) is 14.5 Å². The van der Waals surface area contributed by atoms with Crippen LogP contribution in [0.3, 0.4) is 0 Å². The van der Waals surface area contributed by atoms with Crippen molar-refractivity contribution in [2.24, 2.45) is 5.73 Å². The van der Waals surface area contributed by atoms with Crippen LogP contribution in [0.1, 0.15) is 0 Å². The van der Waals surface area contributed by atoms with E-state index < -0.39 is 15.9 Å². The minimum atomic E-state index is -3.53. The summed E-state index contributed by atoms with van der Waals surface area (Å²) in [6, 6.07) is 8.20. The average molecular weight is 377 g/mol. The summed E-state index contributed by atoms with van der Waals surface area (Å²) >= 11 is 0. The van der Waals surface area contributed by atoms with Gasteiger partial charge in [0.1, 0.15) is 0 Å². The minimum Gasteiger partial charge on any atom is -0.346 e. The monoisotopic (exact) mass is 376 g/mol. The number of hydrogen-bond donors (Lipinski definition) is 2. The van der Waals surface area contributed by atoms with Crippen LogP contribution in [0.2, 0.25) is 0 Å². The summed E-state index contributed by atoms with van der Waals surface area (Å²) < 4.78 is 26.3. The van der Waals surface area contributed by atoms with E-state index >= 15 is 0 Å². The highest BCUT2D eigenvalue weighted by Crippen LogP contribution is 2.17. The van der Waals surface area contributed by atoms with E-state index in [1.807, 2.05) is 0 Å². The van der Waals surface area contributed by atoms with Gasteiger partial charge in [-0.25, -0.2) is 8.42 Å². The average Bonchev–Trinajstić information content (AvgIpc) is 2.60. The summed E-state index contributed by atoms with van der Waals surface area (Å²) in [7, 11) is -3.53. The van der Waals surface area contributed by atoms with Gasteiger partial charge in [0.15, 0.2) is 0 Å². The molecule has 1 fully saturated rings. The molecule has 134 valence electrons. The zero-order chi connectivity index (χ0) is 16.9. The van der Waals surface area contributed by atoms with E-state index in [1.165, 1.54) is 9.21 Å². The lowest BCUT2D eigenvalue weighted by atomic mass is 10.3. The molecular formula is C14H21ClN4O4S. The first-order valence-electron chi connectivity index (χ1n) is 7.25. The van der Waals surface area contributed by atoms with Gasteiger partial charge in [0.05, 0.1) is 18.0 Å². The van der Waals surface area contributed by atoms with Crippen molar-refractivity contribution in [3.8, 4) is 0 Å². The first-order valence-corrected chi connectivity index (χ1v) is 8.69. The molecule has 1 aliphatic rings. The normalized spacial score (nSPS) is 15.5. The van der Waals surface area contributed by atoms with E-state index in [-0.39, 0.29) is 49.4 Å². The molecule has 8 nitrogen and oxygen atoms in total. The molecule has 1 aromatic carbocycles. The molecule has 3 N–H and O–H groups in total. The van der Waals surface area contributed by atoms with Gasteiger partial charge in [0.25, 0.3) is 0 Å². The van der Waals surface area contributed by atoms with Crippen LogP contribution in [0, 0.1) is 0 Å². The van der Waals surface area contributed by atoms with Crippen molar-refractivity contribution in [1.29, 1.82) is 0 Å². The van der Waals surface area contributed by atoms with Crippen molar-refractivity contribution < 1.29 is 18.0 Å². The molecule has 0 bridgehead atoms. The van der Waals surface area contributed by atoms with Crippen molar-refractivity contribution in [3.05, 3.63) is 30.3 Å². The van der Waals surface area contributed by atoms with Gasteiger partial charge in [0.2, 0.25) is 21.8 Å². The molecular weight excluding hydrogens is 356 g/mol. The smallest absolute Gasteiger partial charge is 0.243 e. The molecule has 1 aromatic rings. The molecule has 0 radical (unpaired) electrons. The summed E-state index contributed by atoms with van der Waals surface area (Å²) in [4.78, 5) is 24.8. The molecule has 10 heteroatoms. The van der Waals surface area contributed by atoms with E-state index in [0.29, 0.717) is 13.1 Å². The Balaban J connectivity index is 0.00000288. The third kappa shape index (κ3) is 4.91. The van der Waals surface area contributed by atoms with Crippen LogP contribution in [0.15, 0.2) is 35.2 Å². The fourth-order valence-electron chi connectivity index (χ4n) is 2.28. The highest BCUT2D eigenvalue weighted by molar-refractivity contribution is 7.89. The van der Waals surface area contributed by atoms with Crippen LogP contribution in [0.4, 0.5) is 0 Å². The maximum absolute atomic E-state index is 12.5. The summed E-state index contributed by atoms with van der Waals surface area (Å²) in [6.07, 6.45) is 0. The van der Waals surface area contributed by atoms with Crippen molar-refractivity contribution in [2.45, 2.75) is 4.90 Å². The van der Waals surface area contributed by atoms with Crippen LogP contribution >= 0.6 is 12.4 Å². The van der Waals surface area contributed by atoms with E-state index in [2.05, 4.69) is 5.32 Å². The van der Waals surface area contributed by atoms with Crippen LogP contribution in [-0.4, -0.2) is 68.7 Å². The molecule has 0 aromatic heterocycles. The highest BCUT2D eigenvalue weighted by Gasteiger charge is 2.29. The topological polar surface area (TPSA) is 113 Å². The van der Waals surface area contributed by atoms with Gasteiger partial charge in [0, 0.05) is 26.2 Å². The second kappa shape index (κ2) is 8.97. The Labute approximate surface area is 147 Å². The fraction of sp³-hybridized carbons (Fsp3) is 0.429. The van der Waals surface area contributed by atoms with Gasteiger partial charge in [-0.2, -0.15) is 4.31 Å². The molecule has 0 atom stereocenters. The number of amides is 2. The zero-order valence-electron chi connectivity index (χ0n) is 13.1. The Hall–Kier alpha value is -1.68. The van der Waals surface area contributed by atoms with Crippen LogP contribution in [0.25, 0.3) is 0 Å². The quantitative estimate of drug-likeness (QED) is 0.685. The Morgan fingerprint density at radius 1 is 1.08 bits per heavy atom. The molecule has 0 spiro atoms. The minimum absolute atomic E-state index is 0. The zero-order valence-corrected chi connectivity index (χ0v) is 14.7. The number of carbonyl (C=O) groups is 2. The second-order valence-electron chi connectivity index (χ2n) is 5.08. The largest absolute Gasteiger partial charge is 0.346 e. The molecule has 0 unspecified atom stereocenters. The number of hydrogen-bond acceptors (Lipinski definition) is 5. The van der Waals surface area contributed by atoms with E-state index in [4.69, 9.17) is 5.73 Å². The Morgan fingerprint density at radius 3 is 2.21 bits per heavy atom. The number of nitrogens with two attached hydrogens (primary N) is 1. The number of benzene rings is 1. The number of nitrogens with one attached hydrogen (secondary N) is 1. The van der Waals surface area contributed by atoms with Crippen molar-refractivity contribution in [3.63, 3.8) is 0 Å². The first kappa shape index (κ1) is 20.4. The summed E-state index contributed by atoms with van der Waals surface area (Å²) in [5, 5.41) is 2.41. The van der Waals surface area contributed by atoms with Crippen molar-refractivity contribution in [2.75, 3.05) is 39.3 Å². The van der Waals surface area contributed by atoms with Gasteiger partial charge in [-0.3, -0.25) is 9.59 Å². The number of sulfonamides is 1. The van der Waals surface area contributed by atoms with Crippen LogP contribution in [-0.2, 0) is 19.6 Å². The van der Waals surface area contributed by atoms with Gasteiger partial charge in [-0.1, -0.05) is 18.2 Å². The lowest BCUT2D eigenvalue weighted by Gasteiger charge is -2.34. The third-order valence-electron chi connectivity index (χ3n) is 3.59. The second-order valence-corrected chi connectivity index (χ2v) is 7.02. The molecule has 0 aliphatic carbocycles. The molecule has 0 saturated carbocycles. The lowest BCUT2D eigenvalue weighted by molar-refractivity contribution is -0.133. The lowest BCUT2D eigenvalue weighted by Crippen LogP contribution is -2.52. The number of halogens is 1. The van der Waals surface area contributed by atoms with E-state index in [1.54, 1.807) is 30.3 Å². The van der Waals surface area contributed by atoms with Gasteiger partial charge < -0.3 is 16.0 Å². The number of carbonyl (C=O) groups excluding carboxylic acids is 2. The SMILES string of the molecule is Cl.NCC(=O)NCC(=O)N1CCN(S(=O)(=O)c2ccccc2)CC1. The standard InChI is InChI=1S/C14H20N4O4S.ClH/c15-10-13(19)16-11-14(20)17-6-8-18(9-7-17)23(21,22)12-4-2-1-3-5-12;/h1-5H,6-11,15H2,(H,16,19);1H. The maximum Gasteiger partial charge on any atom is 0.243 e. The Kier molecular flexibility index (Phi) is 7.61. The van der Waals surface area contributed by atoms with Gasteiger partial charge >= 0.3 is 0 Å². The number of piperazine rings is 1. The molecule has 24 heavy (non-hydrogen) atoms. The Morgan fingerprint density at radius 2 is 1.67 bits per heavy atom. The summed E-state index contributed by atoms with van der Waals surface area (Å²) in [6.45, 7) is 0.756. The molecule has 2 rings (SSSR count). The maximum atomic E-state index is 12.5. The molecule has 1 heterocycles. The summed E-state index contributed by atoms with van der Waals surface area (Å²) in [5.74, 6) is -0.646. The molecule has 1 saturated heterocycles. The van der Waals surface area contributed by atoms with Crippen LogP contribution < -0.4 is 11.1 Å². The van der Waals surface area contributed by atoms with Gasteiger partial charge in [-0.15, -0.1) is 12.4 Å². The van der Waals surface area contributed by atoms with Crippen molar-refractivity contribution >= 4 is 34.2 Å². The molecule has 1 aliphatic heterocycles. The van der Waals surface area contributed by atoms with Gasteiger partial charge in [-0.05, 0) is 12.1 Å². The summed E-state index contributed by atoms with van der Waals surface area (Å²) in [5.41, 5.74) is 5.15. The predicted octanol–water partition coefficient (Wildman–Crippen LogP) is -0.984. The first-order chi connectivity index (χ1) is 10.9. The third-order valence-corrected chi connectivity index (χ3v) is 5.51. The molecule has 2 amide bonds. The Bertz CT molecular complexity index is 661. The number of nitrogens with zero attached hydrogens (tertiary/aromatic N) is 2. The van der Waals surface area contributed by atoms with Crippen LogP contribution in [0.5, 0.6) is 0 Å². The van der Waals surface area contributed by atoms with E-state index in [9.17, 15) is 18.0 Å². The highest BCUT2D eigenvalue weighted by atomic mass is 35.5. The number of rotatable bonds is 5.